The Morgan fingerprint density at radius 1 is 1.21 bits per heavy atom. The Morgan fingerprint density at radius 2 is 1.96 bits per heavy atom. The van der Waals surface area contributed by atoms with Crippen LogP contribution >= 0.6 is 0 Å². The van der Waals surface area contributed by atoms with Crippen LogP contribution in [-0.4, -0.2) is 48.7 Å². The van der Waals surface area contributed by atoms with E-state index in [-0.39, 0.29) is 19.1 Å². The molecule has 0 bridgehead atoms. The van der Waals surface area contributed by atoms with E-state index in [2.05, 4.69) is 6.07 Å². The lowest BCUT2D eigenvalue weighted by atomic mass is 9.80. The molecule has 24 heavy (non-hydrogen) atoms. The highest BCUT2D eigenvalue weighted by molar-refractivity contribution is 5.95. The zero-order chi connectivity index (χ0) is 17.2. The largest absolute Gasteiger partial charge is 0.481 e. The topological polar surface area (TPSA) is 66.8 Å². The predicted octanol–water partition coefficient (Wildman–Crippen LogP) is 2.52. The van der Waals surface area contributed by atoms with Crippen LogP contribution in [0.1, 0.15) is 47.2 Å². The third-order valence-corrected chi connectivity index (χ3v) is 5.33. The Morgan fingerprint density at radius 3 is 2.67 bits per heavy atom. The number of carboxylic acids is 1. The molecule has 1 unspecified atom stereocenters. The van der Waals surface area contributed by atoms with Gasteiger partial charge in [-0.2, -0.15) is 0 Å². The van der Waals surface area contributed by atoms with Gasteiger partial charge < -0.3 is 14.7 Å². The first-order chi connectivity index (χ1) is 11.6. The van der Waals surface area contributed by atoms with Gasteiger partial charge in [-0.05, 0) is 61.8 Å². The summed E-state index contributed by atoms with van der Waals surface area (Å²) in [6, 6.07) is 5.95. The highest BCUT2D eigenvalue weighted by Crippen LogP contribution is 2.32. The molecule has 1 atom stereocenters. The van der Waals surface area contributed by atoms with Crippen LogP contribution in [0.3, 0.4) is 0 Å². The number of aryl methyl sites for hydroxylation is 2. The van der Waals surface area contributed by atoms with Gasteiger partial charge in [-0.3, -0.25) is 9.59 Å². The van der Waals surface area contributed by atoms with E-state index in [0.29, 0.717) is 24.9 Å². The molecule has 1 aromatic rings. The van der Waals surface area contributed by atoms with Crippen molar-refractivity contribution in [3.05, 3.63) is 34.9 Å². The average Bonchev–Trinajstić information content (AvgIpc) is 2.61. The van der Waals surface area contributed by atoms with Crippen LogP contribution in [0.4, 0.5) is 0 Å². The first kappa shape index (κ1) is 17.0. The zero-order valence-corrected chi connectivity index (χ0v) is 14.2. The number of carbonyl (C=O) groups is 2. The van der Waals surface area contributed by atoms with Gasteiger partial charge in [0.1, 0.15) is 5.41 Å². The van der Waals surface area contributed by atoms with E-state index in [4.69, 9.17) is 4.74 Å². The van der Waals surface area contributed by atoms with Crippen molar-refractivity contribution < 1.29 is 19.4 Å². The SMILES string of the molecule is COCC1(C(=O)O)CCCN(C(=O)c2ccc3c(c2)CCCC3)C1. The van der Waals surface area contributed by atoms with Crippen LogP contribution in [0.25, 0.3) is 0 Å². The summed E-state index contributed by atoms with van der Waals surface area (Å²) in [4.78, 5) is 26.3. The molecule has 1 aliphatic carbocycles. The lowest BCUT2D eigenvalue weighted by Crippen LogP contribution is -2.52. The third kappa shape index (κ3) is 3.18. The molecular formula is C19H25NO4. The number of amides is 1. The molecule has 1 amide bonds. The molecule has 1 fully saturated rings. The lowest BCUT2D eigenvalue weighted by molar-refractivity contribution is -0.155. The second-order valence-electron chi connectivity index (χ2n) is 7.04. The molecule has 0 aromatic heterocycles. The van der Waals surface area contributed by atoms with E-state index in [9.17, 15) is 14.7 Å². The van der Waals surface area contributed by atoms with Crippen molar-refractivity contribution in [3.8, 4) is 0 Å². The molecule has 5 nitrogen and oxygen atoms in total. The highest BCUT2D eigenvalue weighted by Gasteiger charge is 2.44. The number of carboxylic acid groups (broad SMARTS) is 1. The summed E-state index contributed by atoms with van der Waals surface area (Å²) >= 11 is 0. The number of methoxy groups -OCH3 is 1. The van der Waals surface area contributed by atoms with Crippen molar-refractivity contribution in [3.63, 3.8) is 0 Å². The first-order valence-electron chi connectivity index (χ1n) is 8.69. The summed E-state index contributed by atoms with van der Waals surface area (Å²) in [6.45, 7) is 0.955. The maximum Gasteiger partial charge on any atom is 0.313 e. The van der Waals surface area contributed by atoms with E-state index >= 15 is 0 Å². The van der Waals surface area contributed by atoms with Gasteiger partial charge in [0.15, 0.2) is 0 Å². The van der Waals surface area contributed by atoms with Crippen LogP contribution in [0, 0.1) is 5.41 Å². The van der Waals surface area contributed by atoms with Gasteiger partial charge in [0, 0.05) is 25.8 Å². The number of hydrogen-bond donors (Lipinski definition) is 1. The molecule has 0 saturated carbocycles. The van der Waals surface area contributed by atoms with Crippen LogP contribution in [0.15, 0.2) is 18.2 Å². The molecular weight excluding hydrogens is 306 g/mol. The summed E-state index contributed by atoms with van der Waals surface area (Å²) in [5.41, 5.74) is 2.30. The Labute approximate surface area is 142 Å². The fourth-order valence-electron chi connectivity index (χ4n) is 3.98. The number of nitrogens with zero attached hydrogens (tertiary/aromatic N) is 1. The lowest BCUT2D eigenvalue weighted by Gasteiger charge is -2.39. The number of carbonyl (C=O) groups excluding carboxylic acids is 1. The van der Waals surface area contributed by atoms with Crippen molar-refractivity contribution in [1.29, 1.82) is 0 Å². The summed E-state index contributed by atoms with van der Waals surface area (Å²) < 4.78 is 5.14. The average molecular weight is 331 g/mol. The minimum absolute atomic E-state index is 0.0650. The minimum atomic E-state index is -0.989. The van der Waals surface area contributed by atoms with Crippen LogP contribution in [0.2, 0.25) is 0 Å². The molecule has 0 spiro atoms. The number of hydrogen-bond acceptors (Lipinski definition) is 3. The summed E-state index contributed by atoms with van der Waals surface area (Å²) in [7, 11) is 1.51. The van der Waals surface area contributed by atoms with Crippen LogP contribution in [0.5, 0.6) is 0 Å². The fourth-order valence-corrected chi connectivity index (χ4v) is 3.98. The summed E-state index contributed by atoms with van der Waals surface area (Å²) in [5.74, 6) is -0.947. The molecule has 1 aliphatic heterocycles. The monoisotopic (exact) mass is 331 g/mol. The molecule has 1 N–H and O–H groups in total. The minimum Gasteiger partial charge on any atom is -0.481 e. The smallest absolute Gasteiger partial charge is 0.313 e. The molecule has 1 heterocycles. The van der Waals surface area contributed by atoms with Gasteiger partial charge in [0.25, 0.3) is 5.91 Å². The summed E-state index contributed by atoms with van der Waals surface area (Å²) in [5, 5.41) is 9.63. The number of piperidine rings is 1. The van der Waals surface area contributed by atoms with Crippen molar-refractivity contribution in [2.24, 2.45) is 5.41 Å². The number of likely N-dealkylation sites (tertiary alicyclic amines) is 1. The Kier molecular flexibility index (Phi) is 4.90. The van der Waals surface area contributed by atoms with Crippen molar-refractivity contribution >= 4 is 11.9 Å². The molecule has 3 rings (SSSR count). The van der Waals surface area contributed by atoms with E-state index < -0.39 is 11.4 Å². The maximum atomic E-state index is 12.9. The van der Waals surface area contributed by atoms with Gasteiger partial charge in [-0.1, -0.05) is 6.07 Å². The van der Waals surface area contributed by atoms with Gasteiger partial charge in [0.2, 0.25) is 0 Å². The number of ether oxygens (including phenoxy) is 1. The molecule has 0 radical (unpaired) electrons. The number of rotatable bonds is 4. The van der Waals surface area contributed by atoms with Gasteiger partial charge in [-0.15, -0.1) is 0 Å². The number of aliphatic carboxylic acids is 1. The standard InChI is InChI=1S/C19H25NO4/c1-24-13-19(18(22)23)9-4-10-20(12-19)17(21)16-8-7-14-5-2-3-6-15(14)11-16/h7-8,11H,2-6,9-10,12-13H2,1H3,(H,22,23). The van der Waals surface area contributed by atoms with Crippen molar-refractivity contribution in [2.45, 2.75) is 38.5 Å². The van der Waals surface area contributed by atoms with Crippen LogP contribution in [-0.2, 0) is 22.4 Å². The molecule has 1 saturated heterocycles. The zero-order valence-electron chi connectivity index (χ0n) is 14.2. The van der Waals surface area contributed by atoms with Gasteiger partial charge >= 0.3 is 5.97 Å². The second kappa shape index (κ2) is 6.93. The normalized spacial score (nSPS) is 23.6. The van der Waals surface area contributed by atoms with E-state index in [1.807, 2.05) is 12.1 Å². The van der Waals surface area contributed by atoms with Gasteiger partial charge in [-0.25, -0.2) is 0 Å². The molecule has 5 heteroatoms. The van der Waals surface area contributed by atoms with Crippen LogP contribution < -0.4 is 0 Å². The number of benzene rings is 1. The third-order valence-electron chi connectivity index (χ3n) is 5.33. The van der Waals surface area contributed by atoms with E-state index in [1.54, 1.807) is 4.90 Å². The summed E-state index contributed by atoms with van der Waals surface area (Å²) in [6.07, 6.45) is 5.73. The number of fused-ring (bicyclic) bond motifs is 1. The Balaban J connectivity index is 1.80. The highest BCUT2D eigenvalue weighted by atomic mass is 16.5. The maximum absolute atomic E-state index is 12.9. The second-order valence-corrected chi connectivity index (χ2v) is 7.04. The fraction of sp³-hybridized carbons (Fsp3) is 0.579. The van der Waals surface area contributed by atoms with Crippen molar-refractivity contribution in [1.82, 2.24) is 4.90 Å². The quantitative estimate of drug-likeness (QED) is 0.920. The van der Waals surface area contributed by atoms with E-state index in [1.165, 1.54) is 31.1 Å². The Hall–Kier alpha value is -1.88. The first-order valence-corrected chi connectivity index (χ1v) is 8.69. The molecule has 2 aliphatic rings. The van der Waals surface area contributed by atoms with Crippen molar-refractivity contribution in [2.75, 3.05) is 26.8 Å². The molecule has 130 valence electrons. The molecule has 1 aromatic carbocycles. The van der Waals surface area contributed by atoms with Gasteiger partial charge in [0.05, 0.1) is 6.61 Å². The predicted molar refractivity (Wildman–Crippen MR) is 90.2 cm³/mol. The van der Waals surface area contributed by atoms with E-state index in [0.717, 1.165) is 12.8 Å². The Bertz CT molecular complexity index is 638.